The summed E-state index contributed by atoms with van der Waals surface area (Å²) in [5.74, 6) is 0. The molecule has 0 N–H and O–H groups in total. The summed E-state index contributed by atoms with van der Waals surface area (Å²) in [5, 5.41) is 1.48. The van der Waals surface area contributed by atoms with Crippen LogP contribution in [0.2, 0.25) is 0 Å². The molecule has 0 saturated carbocycles. The van der Waals surface area contributed by atoms with Gasteiger partial charge in [-0.1, -0.05) is 0 Å². The standard InChI is InChI=1S/C14H28N2O6SSi2/c1-7-17-24(18-8-2-15(1)3-9-19-24)13-23-14-25-20-10-4-16(5-11-21-25)6-12-22-25/h1-14H2. The van der Waals surface area contributed by atoms with Gasteiger partial charge in [-0.15, -0.1) is 0 Å². The van der Waals surface area contributed by atoms with Gasteiger partial charge in [0.15, 0.2) is 0 Å². The van der Waals surface area contributed by atoms with Crippen molar-refractivity contribution in [3.05, 3.63) is 0 Å². The monoisotopic (exact) mass is 408 g/mol. The molecular formula is C14H28N2O6SSi2. The van der Waals surface area contributed by atoms with Crippen LogP contribution in [0.5, 0.6) is 0 Å². The lowest BCUT2D eigenvalue weighted by atomic mass is 10.4. The van der Waals surface area contributed by atoms with Gasteiger partial charge in [0.05, 0.1) is 50.4 Å². The van der Waals surface area contributed by atoms with Crippen molar-refractivity contribution in [3.8, 4) is 0 Å². The van der Waals surface area contributed by atoms with Crippen LogP contribution >= 0.6 is 11.8 Å². The molecule has 0 amide bonds. The van der Waals surface area contributed by atoms with E-state index in [0.29, 0.717) is 39.6 Å². The molecule has 6 aliphatic heterocycles. The molecule has 0 unspecified atom stereocenters. The second kappa shape index (κ2) is 8.65. The number of hydrogen-bond donors (Lipinski definition) is 0. The molecule has 0 aromatic heterocycles. The molecule has 11 heteroatoms. The third-order valence-corrected chi connectivity index (χ3v) is 13.3. The maximum absolute atomic E-state index is 6.09. The summed E-state index contributed by atoms with van der Waals surface area (Å²) in [6, 6.07) is 0. The van der Waals surface area contributed by atoms with Gasteiger partial charge in [0.2, 0.25) is 0 Å². The van der Waals surface area contributed by atoms with Crippen molar-refractivity contribution in [2.45, 2.75) is 0 Å². The summed E-state index contributed by atoms with van der Waals surface area (Å²) >= 11 is 1.76. The molecule has 4 bridgehead atoms. The molecule has 0 aromatic carbocycles. The predicted octanol–water partition coefficient (Wildman–Crippen LogP) is -0.566. The van der Waals surface area contributed by atoms with Crippen molar-refractivity contribution in [2.75, 3.05) is 89.7 Å². The average molecular weight is 409 g/mol. The highest BCUT2D eigenvalue weighted by atomic mass is 32.2. The Labute approximate surface area is 155 Å². The molecule has 0 atom stereocenters. The van der Waals surface area contributed by atoms with E-state index in [-0.39, 0.29) is 0 Å². The number of nitrogens with zero attached hydrogens (tertiary/aromatic N) is 2. The van der Waals surface area contributed by atoms with E-state index < -0.39 is 17.6 Å². The molecule has 6 rings (SSSR count). The van der Waals surface area contributed by atoms with Crippen molar-refractivity contribution in [1.82, 2.24) is 9.80 Å². The van der Waals surface area contributed by atoms with Crippen molar-refractivity contribution in [3.63, 3.8) is 0 Å². The minimum Gasteiger partial charge on any atom is -0.372 e. The van der Waals surface area contributed by atoms with E-state index in [0.717, 1.165) is 50.0 Å². The summed E-state index contributed by atoms with van der Waals surface area (Å²) in [7, 11) is -5.19. The summed E-state index contributed by atoms with van der Waals surface area (Å²) in [5.41, 5.74) is 0. The smallest absolute Gasteiger partial charge is 0.372 e. The molecule has 6 heterocycles. The highest BCUT2D eigenvalue weighted by Crippen LogP contribution is 2.25. The molecular weight excluding hydrogens is 380 g/mol. The van der Waals surface area contributed by atoms with Gasteiger partial charge in [0.25, 0.3) is 0 Å². The fourth-order valence-electron chi connectivity index (χ4n) is 3.45. The molecule has 8 nitrogen and oxygen atoms in total. The van der Waals surface area contributed by atoms with Gasteiger partial charge in [-0.05, 0) is 0 Å². The Bertz CT molecular complexity index is 360. The summed E-state index contributed by atoms with van der Waals surface area (Å²) < 4.78 is 36.6. The van der Waals surface area contributed by atoms with Gasteiger partial charge in [0, 0.05) is 39.3 Å². The minimum atomic E-state index is -2.60. The normalized spacial score (nSPS) is 42.7. The van der Waals surface area contributed by atoms with E-state index in [4.69, 9.17) is 26.6 Å². The number of rotatable bonds is 4. The molecule has 6 fully saturated rings. The highest BCUT2D eigenvalue weighted by molar-refractivity contribution is 8.02. The highest BCUT2D eigenvalue weighted by Gasteiger charge is 2.48. The lowest BCUT2D eigenvalue weighted by molar-refractivity contribution is -0.00499. The minimum absolute atomic E-state index is 0.689. The zero-order valence-electron chi connectivity index (χ0n) is 14.7. The Hall–Kier alpha value is 0.464. The van der Waals surface area contributed by atoms with E-state index in [2.05, 4.69) is 9.80 Å². The van der Waals surface area contributed by atoms with Crippen LogP contribution in [-0.2, 0) is 26.6 Å². The van der Waals surface area contributed by atoms with Crippen LogP contribution in [0, 0.1) is 0 Å². The SMILES string of the molecule is C1CN2CCO[Si](CSC[Si]34OCCN(CCO3)CCO4)(O1)OCC2. The quantitative estimate of drug-likeness (QED) is 0.569. The topological polar surface area (TPSA) is 61.9 Å². The molecule has 144 valence electrons. The molecule has 0 radical (unpaired) electrons. The Morgan fingerprint density at radius 3 is 1.08 bits per heavy atom. The zero-order valence-corrected chi connectivity index (χ0v) is 17.5. The van der Waals surface area contributed by atoms with Gasteiger partial charge in [-0.2, -0.15) is 11.8 Å². The Kier molecular flexibility index (Phi) is 6.51. The third-order valence-electron chi connectivity index (χ3n) is 4.93. The van der Waals surface area contributed by atoms with Crippen molar-refractivity contribution >= 4 is 29.4 Å². The first-order chi connectivity index (χ1) is 12.3. The van der Waals surface area contributed by atoms with Gasteiger partial charge < -0.3 is 26.6 Å². The van der Waals surface area contributed by atoms with E-state index >= 15 is 0 Å². The first-order valence-corrected chi connectivity index (χ1v) is 14.2. The number of thioether (sulfide) groups is 1. The summed E-state index contributed by atoms with van der Waals surface area (Å²) in [4.78, 5) is 4.66. The maximum atomic E-state index is 6.09. The molecule has 0 spiro atoms. The molecule has 6 aliphatic rings. The van der Waals surface area contributed by atoms with Crippen LogP contribution in [-0.4, -0.2) is 117 Å². The van der Waals surface area contributed by atoms with Crippen molar-refractivity contribution < 1.29 is 26.6 Å². The van der Waals surface area contributed by atoms with E-state index in [9.17, 15) is 0 Å². The molecule has 6 saturated heterocycles. The third kappa shape index (κ3) is 4.85. The number of hydrogen-bond acceptors (Lipinski definition) is 9. The molecule has 0 aliphatic carbocycles. The predicted molar refractivity (Wildman–Crippen MR) is 97.4 cm³/mol. The Morgan fingerprint density at radius 2 is 0.800 bits per heavy atom. The van der Waals surface area contributed by atoms with Crippen LogP contribution in [0.4, 0.5) is 0 Å². The van der Waals surface area contributed by atoms with E-state index in [1.54, 1.807) is 11.8 Å². The van der Waals surface area contributed by atoms with Crippen molar-refractivity contribution in [1.29, 1.82) is 0 Å². The second-order valence-electron chi connectivity index (χ2n) is 6.63. The van der Waals surface area contributed by atoms with Gasteiger partial charge >= 0.3 is 17.6 Å². The van der Waals surface area contributed by atoms with Crippen LogP contribution in [0.1, 0.15) is 0 Å². The van der Waals surface area contributed by atoms with Crippen molar-refractivity contribution in [2.24, 2.45) is 0 Å². The molecule has 0 aromatic rings. The maximum Gasteiger partial charge on any atom is 0.511 e. The fraction of sp³-hybridized carbons (Fsp3) is 1.00. The van der Waals surface area contributed by atoms with Crippen LogP contribution < -0.4 is 0 Å². The first-order valence-electron chi connectivity index (χ1n) is 9.14. The average Bonchev–Trinajstić information content (AvgIpc) is 2.48. The molecule has 25 heavy (non-hydrogen) atoms. The van der Waals surface area contributed by atoms with Gasteiger partial charge in [-0.25, -0.2) is 0 Å². The van der Waals surface area contributed by atoms with E-state index in [1.807, 2.05) is 0 Å². The zero-order chi connectivity index (χ0) is 17.0. The lowest BCUT2D eigenvalue weighted by Gasteiger charge is -2.39. The van der Waals surface area contributed by atoms with E-state index in [1.165, 1.54) is 0 Å². The lowest BCUT2D eigenvalue weighted by Crippen LogP contribution is -2.59. The van der Waals surface area contributed by atoms with Crippen LogP contribution in [0.15, 0.2) is 0 Å². The fourth-order valence-corrected chi connectivity index (χ4v) is 11.7. The largest absolute Gasteiger partial charge is 0.511 e. The number of fused-ring (bicyclic) bond motifs is 12. The van der Waals surface area contributed by atoms with Crippen LogP contribution in [0.25, 0.3) is 0 Å². The first kappa shape index (κ1) is 18.8. The summed E-state index contributed by atoms with van der Waals surface area (Å²) in [6.07, 6.45) is 0. The Balaban J connectivity index is 1.34. The summed E-state index contributed by atoms with van der Waals surface area (Å²) in [6.45, 7) is 9.95. The Morgan fingerprint density at radius 1 is 0.520 bits per heavy atom. The van der Waals surface area contributed by atoms with Crippen LogP contribution in [0.3, 0.4) is 0 Å². The second-order valence-corrected chi connectivity index (χ2v) is 13.8. The van der Waals surface area contributed by atoms with Gasteiger partial charge in [-0.3, -0.25) is 9.80 Å². The van der Waals surface area contributed by atoms with Gasteiger partial charge in [0.1, 0.15) is 0 Å².